The number of hydrogen-bond donors (Lipinski definition) is 0. The minimum Gasteiger partial charge on any atom is -0.844 e. The Bertz CT molecular complexity index is 56.9. The zero-order valence-electron chi connectivity index (χ0n) is 2.46. The van der Waals surface area contributed by atoms with Crippen LogP contribution < -0.4 is 38.7 Å². The molecule has 6 heteroatoms. The molecule has 0 N–H and O–H groups in total. The van der Waals surface area contributed by atoms with E-state index >= 15 is 0 Å². The number of hydrogen-bond acceptors (Lipinski definition) is 4. The molecule has 4 radical (unpaired) electrons. The summed E-state index contributed by atoms with van der Waals surface area (Å²) in [6.45, 7) is -4.56. The van der Waals surface area contributed by atoms with Gasteiger partial charge in [0.1, 0.15) is 0 Å². The Morgan fingerprint density at radius 2 is 1.17 bits per heavy atom. The first kappa shape index (κ1) is 10.3. The second-order valence-electron chi connectivity index (χ2n) is 0.447. The minimum absolute atomic E-state index is 0. The van der Waals surface area contributed by atoms with Crippen LogP contribution in [0.15, 0.2) is 0 Å². The zero-order valence-corrected chi connectivity index (χ0v) is 6.33. The summed E-state index contributed by atoms with van der Waals surface area (Å²) in [5.41, 5.74) is 0. The Morgan fingerprint density at radius 3 is 1.17 bits per heavy atom. The Hall–Kier alpha value is 1.26. The molecule has 6 heavy (non-hydrogen) atoms. The van der Waals surface area contributed by atoms with Gasteiger partial charge in [0.05, 0.1) is 0 Å². The number of halogens is 1. The van der Waals surface area contributed by atoms with Gasteiger partial charge >= 0.3 is 24.0 Å². The van der Waals surface area contributed by atoms with E-state index in [4.69, 9.17) is 14.7 Å². The van der Waals surface area contributed by atoms with Gasteiger partial charge in [-0.05, 0) is 0 Å². The average molecular weight is 238 g/mol. The highest BCUT2D eigenvalue weighted by atomic mass is 127. The van der Waals surface area contributed by atoms with Gasteiger partial charge in [-0.1, -0.05) is 0 Å². The number of rotatable bonds is 0. The molecule has 0 bridgehead atoms. The van der Waals surface area contributed by atoms with E-state index < -0.39 is 6.72 Å². The summed E-state index contributed by atoms with van der Waals surface area (Å²) < 4.78 is 0. The summed E-state index contributed by atoms with van der Waals surface area (Å²) in [6.07, 6.45) is 0. The molecule has 0 aromatic carbocycles. The maximum Gasteiger partial charge on any atom is 3.00 e. The van der Waals surface area contributed by atoms with Gasteiger partial charge < -0.3 is 21.4 Å². The van der Waals surface area contributed by atoms with Crippen LogP contribution in [0.25, 0.3) is 0 Å². The van der Waals surface area contributed by atoms with E-state index in [0.717, 1.165) is 0 Å². The lowest BCUT2D eigenvalue weighted by molar-refractivity contribution is -0.411. The second kappa shape index (κ2) is 3.29. The van der Waals surface area contributed by atoms with Gasteiger partial charge in [-0.2, -0.15) is 11.8 Å². The molecule has 36 valence electrons. The zero-order chi connectivity index (χ0) is 4.50. The van der Waals surface area contributed by atoms with Crippen molar-refractivity contribution < 1.29 is 38.7 Å². The van der Waals surface area contributed by atoms with Gasteiger partial charge in [0.25, 0.3) is 0 Å². The molecule has 3 nitrogen and oxygen atoms in total. The average Bonchev–Trinajstić information content (AvgIpc) is 0.722. The molecule has 0 rings (SSSR count). The fourth-order valence-corrected chi connectivity index (χ4v) is 0. The largest absolute Gasteiger partial charge is 3.00 e. The molecule has 0 spiro atoms. The molecule has 0 aliphatic heterocycles. The smallest absolute Gasteiger partial charge is 0.844 e. The van der Waals surface area contributed by atoms with Gasteiger partial charge in [0, 0.05) is 0 Å². The first-order chi connectivity index (χ1) is 2.00. The third-order valence-electron chi connectivity index (χ3n) is 0. The van der Waals surface area contributed by atoms with Gasteiger partial charge in [-0.25, -0.2) is 0 Å². The molecule has 0 fully saturated rings. The maximum atomic E-state index is 8.92. The van der Waals surface area contributed by atoms with Crippen LogP contribution in [-0.4, -0.2) is 0 Å². The summed E-state index contributed by atoms with van der Waals surface area (Å²) in [6, 6.07) is 0. The maximum absolute atomic E-state index is 8.92. The Labute approximate surface area is 57.3 Å². The molecule has 0 aromatic rings. The van der Waals surface area contributed by atoms with Crippen molar-refractivity contribution in [3.8, 4) is 0 Å². The van der Waals surface area contributed by atoms with Crippen LogP contribution in [0.1, 0.15) is 0 Å². The van der Waals surface area contributed by atoms with Crippen molar-refractivity contribution in [3.05, 3.63) is 0 Å². The third-order valence-corrected chi connectivity index (χ3v) is 0. The van der Waals surface area contributed by atoms with E-state index in [1.807, 2.05) is 0 Å². The standard InChI is InChI=1S/I.H3O3PS/c;1-4(2,3)5/h;(H3,1,2,3,5)/q+3;/p-3. The topological polar surface area (TPSA) is 69.2 Å². The quantitative estimate of drug-likeness (QED) is 0.311. The van der Waals surface area contributed by atoms with Gasteiger partial charge in [0.15, 0.2) is 0 Å². The van der Waals surface area contributed by atoms with Crippen molar-refractivity contribution in [3.63, 3.8) is 0 Å². The fraction of sp³-hybridized carbons (Fsp3) is 0. The first-order valence-corrected chi connectivity index (χ1v) is 3.29. The predicted molar refractivity (Wildman–Crippen MR) is 14.3 cm³/mol. The Kier molecular flexibility index (Phi) is 5.63. The molecule has 0 aliphatic carbocycles. The molecule has 0 heterocycles. The van der Waals surface area contributed by atoms with Crippen LogP contribution in [0.3, 0.4) is 0 Å². The van der Waals surface area contributed by atoms with Gasteiger partial charge in [0.2, 0.25) is 0 Å². The van der Waals surface area contributed by atoms with E-state index in [9.17, 15) is 0 Å². The van der Waals surface area contributed by atoms with Crippen molar-refractivity contribution in [1.82, 2.24) is 0 Å². The predicted octanol–water partition coefficient (Wildman–Crippen LogP) is -5.70. The van der Waals surface area contributed by atoms with Crippen molar-refractivity contribution in [2.75, 3.05) is 0 Å². The fourth-order valence-electron chi connectivity index (χ4n) is 0. The van der Waals surface area contributed by atoms with Crippen LogP contribution in [0.2, 0.25) is 0 Å². The van der Waals surface area contributed by atoms with E-state index in [-0.39, 0.29) is 24.0 Å². The highest BCUT2D eigenvalue weighted by Gasteiger charge is 3.00. The van der Waals surface area contributed by atoms with Crippen molar-refractivity contribution in [2.24, 2.45) is 0 Å². The van der Waals surface area contributed by atoms with Crippen LogP contribution in [0.5, 0.6) is 0 Å². The molecule has 0 aliphatic rings. The summed E-state index contributed by atoms with van der Waals surface area (Å²) in [5, 5.41) is 0. The highest BCUT2D eigenvalue weighted by Crippen LogP contribution is 2.04. The molecule has 0 saturated heterocycles. The second-order valence-corrected chi connectivity index (χ2v) is 2.68. The molecule has 0 saturated carbocycles. The van der Waals surface area contributed by atoms with Crippen molar-refractivity contribution in [2.45, 2.75) is 0 Å². The molecular formula is IO3PS. The van der Waals surface area contributed by atoms with E-state index in [2.05, 4.69) is 11.8 Å². The molecular weight excluding hydrogens is 238 g/mol. The van der Waals surface area contributed by atoms with E-state index in [1.165, 1.54) is 0 Å². The third kappa shape index (κ3) is 60.1. The van der Waals surface area contributed by atoms with E-state index in [1.54, 1.807) is 0 Å². The lowest BCUT2D eigenvalue weighted by Crippen LogP contribution is -3.00. The summed E-state index contributed by atoms with van der Waals surface area (Å²) in [4.78, 5) is 26.8. The summed E-state index contributed by atoms with van der Waals surface area (Å²) in [7, 11) is 0. The molecule has 0 atom stereocenters. The molecule has 0 unspecified atom stereocenters. The van der Waals surface area contributed by atoms with Crippen LogP contribution in [0.4, 0.5) is 0 Å². The Morgan fingerprint density at radius 1 is 1.17 bits per heavy atom. The monoisotopic (exact) mass is 238 g/mol. The molecule has 0 aromatic heterocycles. The molecule has 0 amide bonds. The lowest BCUT2D eigenvalue weighted by atomic mass is 15.8. The van der Waals surface area contributed by atoms with Crippen molar-refractivity contribution >= 4 is 18.5 Å². The van der Waals surface area contributed by atoms with Gasteiger partial charge in [-0.3, -0.25) is 0 Å². The summed E-state index contributed by atoms with van der Waals surface area (Å²) >= 11 is 3.27. The SMILES string of the molecule is [I+3].[O-]P([O-])([O-])=S. The highest BCUT2D eigenvalue weighted by molar-refractivity contribution is 8.04. The first-order valence-electron chi connectivity index (χ1n) is 0.730. The van der Waals surface area contributed by atoms with Gasteiger partial charge in [-0.15, -0.1) is 0 Å². The minimum atomic E-state index is -4.56. The van der Waals surface area contributed by atoms with Crippen molar-refractivity contribution in [1.29, 1.82) is 0 Å². The van der Waals surface area contributed by atoms with Crippen LogP contribution in [-0.2, 0) is 11.8 Å². The van der Waals surface area contributed by atoms with Crippen LogP contribution >= 0.6 is 6.72 Å². The summed E-state index contributed by atoms with van der Waals surface area (Å²) in [5.74, 6) is 0. The lowest BCUT2D eigenvalue weighted by Gasteiger charge is -2.43. The van der Waals surface area contributed by atoms with E-state index in [0.29, 0.717) is 0 Å². The van der Waals surface area contributed by atoms with Crippen LogP contribution in [0, 0.1) is 0 Å². The normalized spacial score (nSPS) is 9.83. The Balaban J connectivity index is 0.